The molecule has 3 rings (SSSR count). The molecule has 21 heavy (non-hydrogen) atoms. The van der Waals surface area contributed by atoms with Gasteiger partial charge in [0.25, 0.3) is 5.56 Å². The van der Waals surface area contributed by atoms with Gasteiger partial charge in [-0.2, -0.15) is 0 Å². The number of aryl methyl sites for hydroxylation is 2. The SMILES string of the molecule is Cc1cc(C)cc(-n2c(=O)n(C)c(=O)c3cccnc32)c1. The number of aromatic nitrogens is 3. The van der Waals surface area contributed by atoms with Gasteiger partial charge < -0.3 is 0 Å². The van der Waals surface area contributed by atoms with Crippen LogP contribution in [0.4, 0.5) is 0 Å². The van der Waals surface area contributed by atoms with Crippen molar-refractivity contribution in [2.45, 2.75) is 13.8 Å². The minimum atomic E-state index is -0.392. The summed E-state index contributed by atoms with van der Waals surface area (Å²) in [4.78, 5) is 28.9. The van der Waals surface area contributed by atoms with Gasteiger partial charge in [0.1, 0.15) is 0 Å². The second-order valence-electron chi connectivity index (χ2n) is 5.20. The van der Waals surface area contributed by atoms with Gasteiger partial charge >= 0.3 is 5.69 Å². The lowest BCUT2D eigenvalue weighted by Crippen LogP contribution is -2.37. The second-order valence-corrected chi connectivity index (χ2v) is 5.20. The van der Waals surface area contributed by atoms with E-state index in [1.807, 2.05) is 32.0 Å². The van der Waals surface area contributed by atoms with Gasteiger partial charge in [0, 0.05) is 13.2 Å². The van der Waals surface area contributed by atoms with Gasteiger partial charge in [-0.05, 0) is 49.2 Å². The molecule has 2 heterocycles. The maximum absolute atomic E-state index is 12.5. The van der Waals surface area contributed by atoms with Crippen molar-refractivity contribution in [2.24, 2.45) is 7.05 Å². The lowest BCUT2D eigenvalue weighted by molar-refractivity contribution is 0.747. The van der Waals surface area contributed by atoms with Gasteiger partial charge in [0.2, 0.25) is 0 Å². The van der Waals surface area contributed by atoms with E-state index < -0.39 is 5.69 Å². The molecule has 5 nitrogen and oxygen atoms in total. The molecule has 0 fully saturated rings. The van der Waals surface area contributed by atoms with Crippen LogP contribution in [0.5, 0.6) is 0 Å². The highest BCUT2D eigenvalue weighted by molar-refractivity contribution is 5.75. The van der Waals surface area contributed by atoms with Gasteiger partial charge in [-0.1, -0.05) is 6.07 Å². The Morgan fingerprint density at radius 3 is 2.38 bits per heavy atom. The van der Waals surface area contributed by atoms with Crippen molar-refractivity contribution >= 4 is 11.0 Å². The summed E-state index contributed by atoms with van der Waals surface area (Å²) in [6.07, 6.45) is 1.58. The molecule has 0 bridgehead atoms. The zero-order valence-electron chi connectivity index (χ0n) is 12.1. The zero-order chi connectivity index (χ0) is 15.1. The standard InChI is InChI=1S/C16H15N3O2/c1-10-7-11(2)9-12(8-10)19-14-13(5-4-6-17-14)15(20)18(3)16(19)21/h4-9H,1-3H3. The summed E-state index contributed by atoms with van der Waals surface area (Å²) in [7, 11) is 1.48. The molecule has 106 valence electrons. The van der Waals surface area contributed by atoms with Crippen molar-refractivity contribution in [1.29, 1.82) is 0 Å². The molecule has 0 spiro atoms. The van der Waals surface area contributed by atoms with Crippen LogP contribution in [-0.4, -0.2) is 14.1 Å². The van der Waals surface area contributed by atoms with Crippen LogP contribution in [0.15, 0.2) is 46.1 Å². The largest absolute Gasteiger partial charge is 0.337 e. The van der Waals surface area contributed by atoms with E-state index >= 15 is 0 Å². The molecule has 0 N–H and O–H groups in total. The average Bonchev–Trinajstić information content (AvgIpc) is 2.44. The van der Waals surface area contributed by atoms with Gasteiger partial charge in [-0.3, -0.25) is 9.36 Å². The first-order chi connectivity index (χ1) is 9.99. The molecule has 5 heteroatoms. The zero-order valence-corrected chi connectivity index (χ0v) is 12.1. The van der Waals surface area contributed by atoms with Crippen molar-refractivity contribution in [3.05, 3.63) is 68.5 Å². The molecule has 0 atom stereocenters. The van der Waals surface area contributed by atoms with Gasteiger partial charge in [0.05, 0.1) is 11.1 Å². The van der Waals surface area contributed by atoms with Crippen LogP contribution in [-0.2, 0) is 7.05 Å². The fourth-order valence-electron chi connectivity index (χ4n) is 2.56. The molecule has 0 aliphatic carbocycles. The molecule has 1 aromatic carbocycles. The monoisotopic (exact) mass is 281 g/mol. The van der Waals surface area contributed by atoms with E-state index in [1.165, 1.54) is 11.6 Å². The van der Waals surface area contributed by atoms with E-state index in [9.17, 15) is 9.59 Å². The first-order valence-electron chi connectivity index (χ1n) is 6.64. The number of rotatable bonds is 1. The number of hydrogen-bond acceptors (Lipinski definition) is 3. The van der Waals surface area contributed by atoms with E-state index in [0.717, 1.165) is 21.4 Å². The number of benzene rings is 1. The Kier molecular flexibility index (Phi) is 2.97. The van der Waals surface area contributed by atoms with Gasteiger partial charge in [-0.25, -0.2) is 14.3 Å². The molecule has 0 aliphatic rings. The van der Waals surface area contributed by atoms with Crippen molar-refractivity contribution in [1.82, 2.24) is 14.1 Å². The van der Waals surface area contributed by atoms with Crippen LogP contribution < -0.4 is 11.2 Å². The summed E-state index contributed by atoms with van der Waals surface area (Å²) in [5.74, 6) is 0. The summed E-state index contributed by atoms with van der Waals surface area (Å²) < 4.78 is 2.60. The number of pyridine rings is 1. The molecular weight excluding hydrogens is 266 g/mol. The predicted molar refractivity (Wildman–Crippen MR) is 82.1 cm³/mol. The lowest BCUT2D eigenvalue weighted by Gasteiger charge is -2.12. The van der Waals surface area contributed by atoms with Crippen LogP contribution in [0.25, 0.3) is 16.7 Å². The Bertz CT molecular complexity index is 947. The maximum Gasteiger partial charge on any atom is 0.337 e. The fourth-order valence-corrected chi connectivity index (χ4v) is 2.56. The van der Waals surface area contributed by atoms with E-state index in [2.05, 4.69) is 4.98 Å². The fraction of sp³-hybridized carbons (Fsp3) is 0.188. The average molecular weight is 281 g/mol. The van der Waals surface area contributed by atoms with Crippen molar-refractivity contribution in [2.75, 3.05) is 0 Å². The highest BCUT2D eigenvalue weighted by Crippen LogP contribution is 2.15. The molecule has 0 unspecified atom stereocenters. The first-order valence-corrected chi connectivity index (χ1v) is 6.64. The number of hydrogen-bond donors (Lipinski definition) is 0. The third kappa shape index (κ3) is 2.07. The topological polar surface area (TPSA) is 56.9 Å². The molecule has 2 aromatic heterocycles. The lowest BCUT2D eigenvalue weighted by atomic mass is 10.1. The minimum absolute atomic E-state index is 0.330. The first kappa shape index (κ1) is 13.3. The quantitative estimate of drug-likeness (QED) is 0.682. The summed E-state index contributed by atoms with van der Waals surface area (Å²) >= 11 is 0. The smallest absolute Gasteiger partial charge is 0.268 e. The Labute approximate surface area is 121 Å². The summed E-state index contributed by atoms with van der Waals surface area (Å²) in [5.41, 5.74) is 2.48. The van der Waals surface area contributed by atoms with Crippen molar-refractivity contribution in [3.63, 3.8) is 0 Å². The molecular formula is C16H15N3O2. The van der Waals surface area contributed by atoms with Gasteiger partial charge in [-0.15, -0.1) is 0 Å². The van der Waals surface area contributed by atoms with Crippen molar-refractivity contribution in [3.8, 4) is 5.69 Å². The maximum atomic E-state index is 12.5. The number of nitrogens with zero attached hydrogens (tertiary/aromatic N) is 3. The van der Waals surface area contributed by atoms with Crippen LogP contribution in [0.1, 0.15) is 11.1 Å². The molecule has 0 saturated heterocycles. The number of fused-ring (bicyclic) bond motifs is 1. The normalized spacial score (nSPS) is 11.0. The van der Waals surface area contributed by atoms with Crippen LogP contribution in [0, 0.1) is 13.8 Å². The summed E-state index contributed by atoms with van der Waals surface area (Å²) in [6, 6.07) is 9.23. The molecule has 0 radical (unpaired) electrons. The third-order valence-corrected chi connectivity index (χ3v) is 3.48. The van der Waals surface area contributed by atoms with E-state index in [4.69, 9.17) is 0 Å². The predicted octanol–water partition coefficient (Wildman–Crippen LogP) is 1.70. The van der Waals surface area contributed by atoms with Crippen LogP contribution in [0.2, 0.25) is 0 Å². The molecule has 0 saturated carbocycles. The third-order valence-electron chi connectivity index (χ3n) is 3.48. The van der Waals surface area contributed by atoms with Crippen molar-refractivity contribution < 1.29 is 0 Å². The molecule has 0 aliphatic heterocycles. The summed E-state index contributed by atoms with van der Waals surface area (Å²) in [6.45, 7) is 3.94. The minimum Gasteiger partial charge on any atom is -0.268 e. The second kappa shape index (κ2) is 4.70. The Hall–Kier alpha value is -2.69. The summed E-state index contributed by atoms with van der Waals surface area (Å²) in [5, 5.41) is 0.429. The molecule has 0 amide bonds. The van der Waals surface area contributed by atoms with Crippen LogP contribution >= 0.6 is 0 Å². The Morgan fingerprint density at radius 1 is 1.05 bits per heavy atom. The van der Waals surface area contributed by atoms with E-state index in [0.29, 0.717) is 11.0 Å². The van der Waals surface area contributed by atoms with Crippen LogP contribution in [0.3, 0.4) is 0 Å². The highest BCUT2D eigenvalue weighted by atomic mass is 16.2. The van der Waals surface area contributed by atoms with Gasteiger partial charge in [0.15, 0.2) is 5.65 Å². The van der Waals surface area contributed by atoms with E-state index in [1.54, 1.807) is 18.3 Å². The Morgan fingerprint density at radius 2 is 1.71 bits per heavy atom. The van der Waals surface area contributed by atoms with E-state index in [-0.39, 0.29) is 5.56 Å². The Balaban J connectivity index is 2.53. The molecule has 3 aromatic rings. The highest BCUT2D eigenvalue weighted by Gasteiger charge is 2.13.